The van der Waals surface area contributed by atoms with Crippen LogP contribution in [0.15, 0.2) is 11.1 Å². The zero-order valence-electron chi connectivity index (χ0n) is 11.2. The van der Waals surface area contributed by atoms with Crippen molar-refractivity contribution in [2.24, 2.45) is 0 Å². The van der Waals surface area contributed by atoms with Crippen LogP contribution in [0.4, 0.5) is 5.82 Å². The number of rotatable bonds is 4. The molecule has 0 aliphatic carbocycles. The SMILES string of the molecule is CCn1cc(S(=O)(=O)N(C)C2CCOCC2)c(N)n1. The minimum absolute atomic E-state index is 0.0388. The molecule has 0 unspecified atom stereocenters. The minimum atomic E-state index is -3.59. The summed E-state index contributed by atoms with van der Waals surface area (Å²) < 4.78 is 33.2. The summed E-state index contributed by atoms with van der Waals surface area (Å²) in [5.41, 5.74) is 5.71. The van der Waals surface area contributed by atoms with Gasteiger partial charge in [0.2, 0.25) is 10.0 Å². The van der Waals surface area contributed by atoms with Crippen molar-refractivity contribution in [3.05, 3.63) is 6.20 Å². The van der Waals surface area contributed by atoms with Crippen molar-refractivity contribution in [1.29, 1.82) is 0 Å². The summed E-state index contributed by atoms with van der Waals surface area (Å²) in [5, 5.41) is 3.99. The molecule has 2 rings (SSSR count). The Kier molecular flexibility index (Phi) is 4.12. The summed E-state index contributed by atoms with van der Waals surface area (Å²) in [6, 6.07) is -0.0388. The van der Waals surface area contributed by atoms with Gasteiger partial charge in [-0.2, -0.15) is 9.40 Å². The number of nitrogens with two attached hydrogens (primary N) is 1. The highest BCUT2D eigenvalue weighted by atomic mass is 32.2. The minimum Gasteiger partial charge on any atom is -0.381 e. The fourth-order valence-corrected chi connectivity index (χ4v) is 3.65. The van der Waals surface area contributed by atoms with Crippen LogP contribution in [0.25, 0.3) is 0 Å². The van der Waals surface area contributed by atoms with Crippen molar-refractivity contribution >= 4 is 15.8 Å². The van der Waals surface area contributed by atoms with Crippen LogP contribution in [-0.2, 0) is 21.3 Å². The topological polar surface area (TPSA) is 90.5 Å². The number of hydrogen-bond donors (Lipinski definition) is 1. The van der Waals surface area contributed by atoms with E-state index in [9.17, 15) is 8.42 Å². The summed E-state index contributed by atoms with van der Waals surface area (Å²) in [4.78, 5) is 0.0864. The molecule has 1 saturated heterocycles. The zero-order valence-corrected chi connectivity index (χ0v) is 12.1. The van der Waals surface area contributed by atoms with Gasteiger partial charge in [0.1, 0.15) is 4.90 Å². The molecule has 0 aromatic carbocycles. The molecule has 0 spiro atoms. The molecule has 1 aliphatic heterocycles. The van der Waals surface area contributed by atoms with Crippen molar-refractivity contribution in [2.75, 3.05) is 26.0 Å². The normalized spacial score (nSPS) is 18.1. The van der Waals surface area contributed by atoms with Crippen molar-refractivity contribution < 1.29 is 13.2 Å². The van der Waals surface area contributed by atoms with E-state index in [0.29, 0.717) is 32.6 Å². The lowest BCUT2D eigenvalue weighted by Gasteiger charge is -2.30. The van der Waals surface area contributed by atoms with Crippen LogP contribution >= 0.6 is 0 Å². The van der Waals surface area contributed by atoms with Gasteiger partial charge in [-0.05, 0) is 19.8 Å². The maximum Gasteiger partial charge on any atom is 0.248 e. The Bertz CT molecular complexity index is 534. The maximum atomic E-state index is 12.5. The molecule has 0 radical (unpaired) electrons. The Morgan fingerprint density at radius 1 is 1.53 bits per heavy atom. The number of aromatic nitrogens is 2. The monoisotopic (exact) mass is 288 g/mol. The average Bonchev–Trinajstić information content (AvgIpc) is 2.81. The molecule has 2 heterocycles. The zero-order chi connectivity index (χ0) is 14.0. The van der Waals surface area contributed by atoms with Crippen LogP contribution in [-0.4, -0.2) is 48.8 Å². The van der Waals surface area contributed by atoms with Crippen LogP contribution in [0.3, 0.4) is 0 Å². The van der Waals surface area contributed by atoms with E-state index in [1.807, 2.05) is 6.92 Å². The van der Waals surface area contributed by atoms with Crippen LogP contribution in [0.2, 0.25) is 0 Å². The third-order valence-electron chi connectivity index (χ3n) is 3.44. The lowest BCUT2D eigenvalue weighted by molar-refractivity contribution is 0.0632. The summed E-state index contributed by atoms with van der Waals surface area (Å²) >= 11 is 0. The number of sulfonamides is 1. The number of anilines is 1. The fraction of sp³-hybridized carbons (Fsp3) is 0.727. The van der Waals surface area contributed by atoms with Crippen molar-refractivity contribution in [3.8, 4) is 0 Å². The highest BCUT2D eigenvalue weighted by Crippen LogP contribution is 2.24. The number of nitrogen functional groups attached to an aromatic ring is 1. The first-order chi connectivity index (χ1) is 8.96. The Hall–Kier alpha value is -1.12. The molecule has 108 valence electrons. The van der Waals surface area contributed by atoms with Crippen molar-refractivity contribution in [2.45, 2.75) is 37.2 Å². The predicted molar refractivity (Wildman–Crippen MR) is 71.1 cm³/mol. The van der Waals surface area contributed by atoms with Gasteiger partial charge in [-0.15, -0.1) is 0 Å². The van der Waals surface area contributed by atoms with Gasteiger partial charge < -0.3 is 10.5 Å². The van der Waals surface area contributed by atoms with E-state index in [4.69, 9.17) is 10.5 Å². The van der Waals surface area contributed by atoms with E-state index in [1.165, 1.54) is 15.2 Å². The third-order valence-corrected chi connectivity index (χ3v) is 5.37. The Balaban J connectivity index is 2.27. The molecule has 2 N–H and O–H groups in total. The van der Waals surface area contributed by atoms with E-state index >= 15 is 0 Å². The Morgan fingerprint density at radius 3 is 2.68 bits per heavy atom. The molecule has 19 heavy (non-hydrogen) atoms. The molecule has 1 aromatic rings. The second kappa shape index (κ2) is 5.48. The molecule has 1 fully saturated rings. The largest absolute Gasteiger partial charge is 0.381 e. The first kappa shape index (κ1) is 14.3. The van der Waals surface area contributed by atoms with Gasteiger partial charge in [-0.1, -0.05) is 0 Å². The molecule has 1 aromatic heterocycles. The molecule has 1 aliphatic rings. The van der Waals surface area contributed by atoms with Crippen LogP contribution in [0.5, 0.6) is 0 Å². The summed E-state index contributed by atoms with van der Waals surface area (Å²) in [6.45, 7) is 3.65. The van der Waals surface area contributed by atoms with Crippen molar-refractivity contribution in [1.82, 2.24) is 14.1 Å². The van der Waals surface area contributed by atoms with Crippen LogP contribution in [0, 0.1) is 0 Å². The van der Waals surface area contributed by atoms with Crippen LogP contribution in [0.1, 0.15) is 19.8 Å². The maximum absolute atomic E-state index is 12.5. The van der Waals surface area contributed by atoms with E-state index in [0.717, 1.165) is 0 Å². The van der Waals surface area contributed by atoms with E-state index in [2.05, 4.69) is 5.10 Å². The fourth-order valence-electron chi connectivity index (χ4n) is 2.18. The standard InChI is InChI=1S/C11H20N4O3S/c1-3-15-8-10(11(12)13-15)19(16,17)14(2)9-4-6-18-7-5-9/h8-9H,3-7H2,1-2H3,(H2,12,13). The van der Waals surface area contributed by atoms with Gasteiger partial charge in [0, 0.05) is 39.0 Å². The summed E-state index contributed by atoms with van der Waals surface area (Å²) in [7, 11) is -2.00. The third kappa shape index (κ3) is 2.75. The number of ether oxygens (including phenoxy) is 1. The molecule has 8 heteroatoms. The molecule has 0 bridgehead atoms. The van der Waals surface area contributed by atoms with Gasteiger partial charge in [-0.25, -0.2) is 8.42 Å². The number of aryl methyl sites for hydroxylation is 1. The molecular formula is C11H20N4O3S. The summed E-state index contributed by atoms with van der Waals surface area (Å²) in [6.07, 6.45) is 2.90. The predicted octanol–water partition coefficient (Wildman–Crippen LogP) is 0.285. The Labute approximate surface area is 113 Å². The lowest BCUT2D eigenvalue weighted by Crippen LogP contribution is -2.40. The average molecular weight is 288 g/mol. The van der Waals surface area contributed by atoms with Crippen molar-refractivity contribution in [3.63, 3.8) is 0 Å². The number of nitrogens with zero attached hydrogens (tertiary/aromatic N) is 3. The summed E-state index contributed by atoms with van der Waals surface area (Å²) in [5.74, 6) is 0.0563. The van der Waals surface area contributed by atoms with Gasteiger partial charge in [-0.3, -0.25) is 4.68 Å². The quantitative estimate of drug-likeness (QED) is 0.859. The van der Waals surface area contributed by atoms with Gasteiger partial charge in [0.25, 0.3) is 0 Å². The highest BCUT2D eigenvalue weighted by molar-refractivity contribution is 7.89. The molecule has 0 atom stereocenters. The molecule has 7 nitrogen and oxygen atoms in total. The second-order valence-corrected chi connectivity index (χ2v) is 6.57. The smallest absolute Gasteiger partial charge is 0.248 e. The molecular weight excluding hydrogens is 268 g/mol. The van der Waals surface area contributed by atoms with E-state index in [1.54, 1.807) is 7.05 Å². The first-order valence-corrected chi connectivity index (χ1v) is 7.79. The van der Waals surface area contributed by atoms with Crippen LogP contribution < -0.4 is 5.73 Å². The molecule has 0 saturated carbocycles. The van der Waals surface area contributed by atoms with Gasteiger partial charge in [0.05, 0.1) is 0 Å². The van der Waals surface area contributed by atoms with Gasteiger partial charge >= 0.3 is 0 Å². The highest BCUT2D eigenvalue weighted by Gasteiger charge is 2.32. The number of hydrogen-bond acceptors (Lipinski definition) is 5. The molecule has 0 amide bonds. The Morgan fingerprint density at radius 2 is 2.16 bits per heavy atom. The second-order valence-electron chi connectivity index (χ2n) is 4.60. The van der Waals surface area contributed by atoms with E-state index in [-0.39, 0.29) is 16.8 Å². The first-order valence-electron chi connectivity index (χ1n) is 6.35. The van der Waals surface area contributed by atoms with E-state index < -0.39 is 10.0 Å². The van der Waals surface area contributed by atoms with Gasteiger partial charge in [0.15, 0.2) is 5.82 Å². The lowest BCUT2D eigenvalue weighted by atomic mass is 10.1.